The van der Waals surface area contributed by atoms with E-state index in [0.29, 0.717) is 24.3 Å². The number of aldehydes is 1. The Kier molecular flexibility index (Phi) is 6.84. The molecule has 9 nitrogen and oxygen atoms in total. The summed E-state index contributed by atoms with van der Waals surface area (Å²) < 4.78 is 7.06. The molecule has 1 fully saturated rings. The van der Waals surface area contributed by atoms with Crippen LogP contribution in [0.25, 0.3) is 0 Å². The molecule has 1 aliphatic rings. The van der Waals surface area contributed by atoms with E-state index < -0.39 is 6.09 Å². The number of anilines is 1. The summed E-state index contributed by atoms with van der Waals surface area (Å²) >= 11 is 0. The molecule has 0 saturated heterocycles. The fourth-order valence-electron chi connectivity index (χ4n) is 3.08. The molecule has 27 heavy (non-hydrogen) atoms. The second-order valence-corrected chi connectivity index (χ2v) is 6.68. The van der Waals surface area contributed by atoms with Gasteiger partial charge in [-0.25, -0.2) is 4.79 Å². The maximum Gasteiger partial charge on any atom is 0.413 e. The number of carbonyl (C=O) groups excluding carboxylic acids is 2. The molecule has 2 aromatic rings. The molecule has 144 valence electrons. The van der Waals surface area contributed by atoms with E-state index in [2.05, 4.69) is 25.8 Å². The number of nitrogens with zero attached hydrogens (tertiary/aromatic N) is 5. The molecule has 0 unspecified atom stereocenters. The normalized spacial score (nSPS) is 14.7. The van der Waals surface area contributed by atoms with Crippen LogP contribution in [0.3, 0.4) is 0 Å². The van der Waals surface area contributed by atoms with E-state index in [9.17, 15) is 9.59 Å². The Hall–Kier alpha value is -2.84. The molecule has 1 N–H and O–H groups in total. The van der Waals surface area contributed by atoms with Crippen molar-refractivity contribution < 1.29 is 14.3 Å². The third-order valence-corrected chi connectivity index (χ3v) is 4.52. The van der Waals surface area contributed by atoms with Gasteiger partial charge in [-0.15, -0.1) is 10.2 Å². The topological polar surface area (TPSA) is 112 Å². The third kappa shape index (κ3) is 6.12. The summed E-state index contributed by atoms with van der Waals surface area (Å²) in [5.41, 5.74) is 1.19. The number of nitrogens with one attached hydrogen (secondary N) is 1. The first-order chi connectivity index (χ1) is 13.2. The van der Waals surface area contributed by atoms with Crippen molar-refractivity contribution >= 4 is 18.2 Å². The Morgan fingerprint density at radius 2 is 2.04 bits per heavy atom. The predicted octanol–water partition coefficient (Wildman–Crippen LogP) is 2.78. The summed E-state index contributed by atoms with van der Waals surface area (Å²) in [4.78, 5) is 22.5. The SMILES string of the molecule is O=Cc1cn(CCCCc2ccc(NC(=O)OC3CCCCC3)nn2)nn1. The second-order valence-electron chi connectivity index (χ2n) is 6.68. The molecule has 1 amide bonds. The molecular weight excluding hydrogens is 348 g/mol. The molecular formula is C18H24N6O3. The summed E-state index contributed by atoms with van der Waals surface area (Å²) in [7, 11) is 0. The quantitative estimate of drug-likeness (QED) is 0.560. The molecule has 3 rings (SSSR count). The lowest BCUT2D eigenvalue weighted by Gasteiger charge is -2.21. The minimum absolute atomic E-state index is 0.0126. The van der Waals surface area contributed by atoms with Crippen molar-refractivity contribution in [3.05, 3.63) is 29.7 Å². The van der Waals surface area contributed by atoms with Gasteiger partial charge in [-0.1, -0.05) is 11.6 Å². The van der Waals surface area contributed by atoms with Crippen LogP contribution in [-0.2, 0) is 17.7 Å². The Labute approximate surface area is 157 Å². The first-order valence-corrected chi connectivity index (χ1v) is 9.38. The number of rotatable bonds is 8. The molecule has 2 heterocycles. The van der Waals surface area contributed by atoms with Crippen molar-refractivity contribution in [1.82, 2.24) is 25.2 Å². The average Bonchev–Trinajstić information content (AvgIpc) is 3.15. The van der Waals surface area contributed by atoms with Gasteiger partial charge in [-0.3, -0.25) is 14.8 Å². The minimum Gasteiger partial charge on any atom is -0.446 e. The van der Waals surface area contributed by atoms with Crippen molar-refractivity contribution in [3.63, 3.8) is 0 Å². The van der Waals surface area contributed by atoms with E-state index in [1.807, 2.05) is 6.07 Å². The number of amides is 1. The highest BCUT2D eigenvalue weighted by Crippen LogP contribution is 2.20. The van der Waals surface area contributed by atoms with E-state index in [0.717, 1.165) is 50.6 Å². The molecule has 9 heteroatoms. The van der Waals surface area contributed by atoms with Gasteiger partial charge in [-0.2, -0.15) is 5.10 Å². The zero-order valence-corrected chi connectivity index (χ0v) is 15.2. The molecule has 0 radical (unpaired) electrons. The van der Waals surface area contributed by atoms with Crippen molar-refractivity contribution in [1.29, 1.82) is 0 Å². The number of hydrogen-bond donors (Lipinski definition) is 1. The number of aryl methyl sites for hydroxylation is 2. The van der Waals surface area contributed by atoms with Gasteiger partial charge in [0.15, 0.2) is 12.1 Å². The molecule has 0 spiro atoms. The van der Waals surface area contributed by atoms with Crippen molar-refractivity contribution in [3.8, 4) is 0 Å². The predicted molar refractivity (Wildman–Crippen MR) is 97.4 cm³/mol. The Balaban J connectivity index is 1.36. The van der Waals surface area contributed by atoms with Crippen molar-refractivity contribution in [2.24, 2.45) is 0 Å². The van der Waals surface area contributed by atoms with Crippen LogP contribution in [0.4, 0.5) is 10.6 Å². The van der Waals surface area contributed by atoms with Gasteiger partial charge < -0.3 is 4.74 Å². The fraction of sp³-hybridized carbons (Fsp3) is 0.556. The number of unbranched alkanes of at least 4 members (excludes halogenated alkanes) is 1. The summed E-state index contributed by atoms with van der Waals surface area (Å²) in [6, 6.07) is 3.58. The standard InChI is InChI=1S/C18H24N6O3/c25-13-15-12-24(23-21-15)11-5-4-6-14-9-10-17(22-20-14)19-18(26)27-16-7-2-1-3-8-16/h9-10,12-13,16H,1-8,11H2,(H,19,22,26). The smallest absolute Gasteiger partial charge is 0.413 e. The number of hydrogen-bond acceptors (Lipinski definition) is 7. The van der Waals surface area contributed by atoms with Gasteiger partial charge in [0.2, 0.25) is 0 Å². The van der Waals surface area contributed by atoms with Crippen LogP contribution in [-0.4, -0.2) is 43.7 Å². The highest BCUT2D eigenvalue weighted by Gasteiger charge is 2.17. The van der Waals surface area contributed by atoms with Crippen LogP contribution < -0.4 is 5.32 Å². The lowest BCUT2D eigenvalue weighted by Crippen LogP contribution is -2.24. The van der Waals surface area contributed by atoms with Crippen LogP contribution in [0.5, 0.6) is 0 Å². The minimum atomic E-state index is -0.466. The average molecular weight is 372 g/mol. The van der Waals surface area contributed by atoms with E-state index in [1.54, 1.807) is 16.9 Å². The summed E-state index contributed by atoms with van der Waals surface area (Å²) in [6.45, 7) is 0.695. The number of aromatic nitrogens is 5. The van der Waals surface area contributed by atoms with Gasteiger partial charge >= 0.3 is 6.09 Å². The molecule has 0 bridgehead atoms. The highest BCUT2D eigenvalue weighted by molar-refractivity contribution is 5.83. The van der Waals surface area contributed by atoms with Gasteiger partial charge in [0.25, 0.3) is 0 Å². The molecule has 2 aromatic heterocycles. The number of ether oxygens (including phenoxy) is 1. The lowest BCUT2D eigenvalue weighted by molar-refractivity contribution is 0.0864. The monoisotopic (exact) mass is 372 g/mol. The highest BCUT2D eigenvalue weighted by atomic mass is 16.6. The van der Waals surface area contributed by atoms with Crippen LogP contribution >= 0.6 is 0 Å². The van der Waals surface area contributed by atoms with Crippen LogP contribution in [0.15, 0.2) is 18.3 Å². The first-order valence-electron chi connectivity index (χ1n) is 9.38. The molecule has 0 aromatic carbocycles. The van der Waals surface area contributed by atoms with Gasteiger partial charge in [0.1, 0.15) is 11.8 Å². The molecule has 0 atom stereocenters. The second kappa shape index (κ2) is 9.75. The molecule has 0 aliphatic heterocycles. The lowest BCUT2D eigenvalue weighted by atomic mass is 9.98. The van der Waals surface area contributed by atoms with Crippen LogP contribution in [0.1, 0.15) is 61.1 Å². The van der Waals surface area contributed by atoms with Crippen LogP contribution in [0.2, 0.25) is 0 Å². The largest absolute Gasteiger partial charge is 0.446 e. The van der Waals surface area contributed by atoms with Crippen molar-refractivity contribution in [2.45, 2.75) is 64.0 Å². The van der Waals surface area contributed by atoms with Gasteiger partial charge in [-0.05, 0) is 57.1 Å². The first kappa shape index (κ1) is 18.9. The Morgan fingerprint density at radius 3 is 2.74 bits per heavy atom. The van der Waals surface area contributed by atoms with E-state index in [4.69, 9.17) is 4.74 Å². The maximum absolute atomic E-state index is 11.9. The molecule has 1 saturated carbocycles. The summed E-state index contributed by atoms with van der Waals surface area (Å²) in [5.74, 6) is 0.392. The summed E-state index contributed by atoms with van der Waals surface area (Å²) in [5, 5.41) is 18.4. The Morgan fingerprint density at radius 1 is 1.19 bits per heavy atom. The van der Waals surface area contributed by atoms with E-state index >= 15 is 0 Å². The van der Waals surface area contributed by atoms with E-state index in [1.165, 1.54) is 6.42 Å². The van der Waals surface area contributed by atoms with Gasteiger partial charge in [0, 0.05) is 6.54 Å². The molecule has 1 aliphatic carbocycles. The zero-order chi connectivity index (χ0) is 18.9. The van der Waals surface area contributed by atoms with Gasteiger partial charge in [0.05, 0.1) is 11.9 Å². The fourth-order valence-corrected chi connectivity index (χ4v) is 3.08. The zero-order valence-electron chi connectivity index (χ0n) is 15.2. The number of carbonyl (C=O) groups is 2. The Bertz CT molecular complexity index is 740. The van der Waals surface area contributed by atoms with E-state index in [-0.39, 0.29) is 6.10 Å². The summed E-state index contributed by atoms with van der Waals surface area (Å²) in [6.07, 6.45) is 9.72. The van der Waals surface area contributed by atoms with Crippen LogP contribution in [0, 0.1) is 0 Å². The third-order valence-electron chi connectivity index (χ3n) is 4.52. The maximum atomic E-state index is 11.9. The van der Waals surface area contributed by atoms with Crippen molar-refractivity contribution in [2.75, 3.05) is 5.32 Å².